The summed E-state index contributed by atoms with van der Waals surface area (Å²) in [5.74, 6) is -0.398. The molecule has 0 saturated carbocycles. The maximum absolute atomic E-state index is 12.2. The summed E-state index contributed by atoms with van der Waals surface area (Å²) in [4.78, 5) is 32.9. The van der Waals surface area contributed by atoms with Crippen molar-refractivity contribution in [2.45, 2.75) is 19.4 Å². The molecular formula is C19H18N4O2S. The third-order valence-electron chi connectivity index (χ3n) is 3.58. The molecule has 2 amide bonds. The lowest BCUT2D eigenvalue weighted by Gasteiger charge is -2.13. The molecule has 0 aliphatic heterocycles. The Bertz CT molecular complexity index is 881. The van der Waals surface area contributed by atoms with Crippen LogP contribution in [0.4, 0.5) is 5.13 Å². The molecule has 1 aromatic carbocycles. The normalized spacial score (nSPS) is 11.6. The van der Waals surface area contributed by atoms with Crippen LogP contribution in [0.15, 0.2) is 60.1 Å². The Morgan fingerprint density at radius 1 is 1.08 bits per heavy atom. The van der Waals surface area contributed by atoms with Gasteiger partial charge >= 0.3 is 0 Å². The minimum atomic E-state index is -0.294. The highest BCUT2D eigenvalue weighted by Crippen LogP contribution is 2.23. The number of carbonyl (C=O) groups is 2. The Labute approximate surface area is 155 Å². The summed E-state index contributed by atoms with van der Waals surface area (Å²) in [6, 6.07) is 14.2. The quantitative estimate of drug-likeness (QED) is 0.701. The Balaban J connectivity index is 1.52. The highest BCUT2D eigenvalue weighted by Gasteiger charge is 2.14. The van der Waals surface area contributed by atoms with E-state index in [2.05, 4.69) is 20.6 Å². The molecule has 1 atom stereocenters. The van der Waals surface area contributed by atoms with Crippen LogP contribution in [0, 0.1) is 0 Å². The van der Waals surface area contributed by atoms with E-state index in [0.29, 0.717) is 10.7 Å². The van der Waals surface area contributed by atoms with Gasteiger partial charge in [0.05, 0.1) is 5.69 Å². The van der Waals surface area contributed by atoms with E-state index in [0.717, 1.165) is 11.4 Å². The fourth-order valence-corrected chi connectivity index (χ4v) is 3.08. The van der Waals surface area contributed by atoms with Gasteiger partial charge in [-0.15, -0.1) is 11.3 Å². The molecule has 0 aliphatic carbocycles. The van der Waals surface area contributed by atoms with Crippen LogP contribution in [0.3, 0.4) is 0 Å². The van der Waals surface area contributed by atoms with Gasteiger partial charge in [0.2, 0.25) is 5.91 Å². The van der Waals surface area contributed by atoms with Gasteiger partial charge in [0.15, 0.2) is 5.13 Å². The topological polar surface area (TPSA) is 84.0 Å². The number of rotatable bonds is 6. The number of nitrogens with one attached hydrogen (secondary N) is 2. The molecular weight excluding hydrogens is 348 g/mol. The molecule has 3 aromatic rings. The van der Waals surface area contributed by atoms with Crippen molar-refractivity contribution in [3.05, 3.63) is 65.7 Å². The standard InChI is InChI=1S/C19H18N4O2S/c1-13(21-18(25)14-7-3-2-4-8-14)11-17(24)23-19-22-16(12-26-19)15-9-5-6-10-20-15/h2-10,12-13H,11H2,1H3,(H,21,25)(H,22,23,24)/t13-/m0/s1. The first kappa shape index (κ1) is 17.8. The Hall–Kier alpha value is -3.06. The second-order valence-electron chi connectivity index (χ2n) is 5.75. The van der Waals surface area contributed by atoms with Crippen molar-refractivity contribution in [3.63, 3.8) is 0 Å². The van der Waals surface area contributed by atoms with Gasteiger partial charge in [-0.1, -0.05) is 24.3 Å². The molecule has 2 N–H and O–H groups in total. The number of pyridine rings is 1. The molecule has 2 aromatic heterocycles. The van der Waals surface area contributed by atoms with E-state index in [9.17, 15) is 9.59 Å². The lowest BCUT2D eigenvalue weighted by molar-refractivity contribution is -0.116. The smallest absolute Gasteiger partial charge is 0.251 e. The number of anilines is 1. The molecule has 0 fully saturated rings. The van der Waals surface area contributed by atoms with Crippen LogP contribution in [0.1, 0.15) is 23.7 Å². The molecule has 0 spiro atoms. The Morgan fingerprint density at radius 3 is 2.58 bits per heavy atom. The van der Waals surface area contributed by atoms with Crippen LogP contribution in [-0.2, 0) is 4.79 Å². The van der Waals surface area contributed by atoms with Crippen molar-refractivity contribution in [3.8, 4) is 11.4 Å². The second kappa shape index (κ2) is 8.35. The average molecular weight is 366 g/mol. The molecule has 0 aliphatic rings. The fourth-order valence-electron chi connectivity index (χ4n) is 2.36. The van der Waals surface area contributed by atoms with Crippen LogP contribution in [0.2, 0.25) is 0 Å². The first-order valence-corrected chi connectivity index (χ1v) is 9.02. The summed E-state index contributed by atoms with van der Waals surface area (Å²) in [6.45, 7) is 1.79. The maximum Gasteiger partial charge on any atom is 0.251 e. The van der Waals surface area contributed by atoms with Crippen molar-refractivity contribution in [2.24, 2.45) is 0 Å². The summed E-state index contributed by atoms with van der Waals surface area (Å²) >= 11 is 1.34. The molecule has 0 radical (unpaired) electrons. The third kappa shape index (κ3) is 4.73. The largest absolute Gasteiger partial charge is 0.349 e. The van der Waals surface area contributed by atoms with Crippen molar-refractivity contribution in [1.29, 1.82) is 0 Å². The molecule has 7 heteroatoms. The van der Waals surface area contributed by atoms with Crippen molar-refractivity contribution in [2.75, 3.05) is 5.32 Å². The zero-order valence-electron chi connectivity index (χ0n) is 14.2. The molecule has 3 rings (SSSR count). The second-order valence-corrected chi connectivity index (χ2v) is 6.60. The third-order valence-corrected chi connectivity index (χ3v) is 4.34. The zero-order valence-corrected chi connectivity index (χ0v) is 15.0. The van der Waals surface area contributed by atoms with Gasteiger partial charge in [-0.05, 0) is 31.2 Å². The van der Waals surface area contributed by atoms with Gasteiger partial charge in [-0.25, -0.2) is 4.98 Å². The molecule has 0 bridgehead atoms. The summed E-state index contributed by atoms with van der Waals surface area (Å²) in [7, 11) is 0. The summed E-state index contributed by atoms with van der Waals surface area (Å²) in [6.07, 6.45) is 1.86. The lowest BCUT2D eigenvalue weighted by Crippen LogP contribution is -2.35. The van der Waals surface area contributed by atoms with Crippen molar-refractivity contribution >= 4 is 28.3 Å². The number of hydrogen-bond donors (Lipinski definition) is 2. The van der Waals surface area contributed by atoms with E-state index < -0.39 is 0 Å². The number of aromatic nitrogens is 2. The van der Waals surface area contributed by atoms with E-state index in [4.69, 9.17) is 0 Å². The number of thiazole rings is 1. The predicted octanol–water partition coefficient (Wildman–Crippen LogP) is 3.35. The molecule has 6 nitrogen and oxygen atoms in total. The predicted molar refractivity (Wildman–Crippen MR) is 102 cm³/mol. The van der Waals surface area contributed by atoms with E-state index >= 15 is 0 Å². The summed E-state index contributed by atoms with van der Waals surface area (Å²) < 4.78 is 0. The van der Waals surface area contributed by atoms with E-state index in [-0.39, 0.29) is 24.3 Å². The van der Waals surface area contributed by atoms with Crippen LogP contribution < -0.4 is 10.6 Å². The van der Waals surface area contributed by atoms with E-state index in [1.165, 1.54) is 11.3 Å². The number of hydrogen-bond acceptors (Lipinski definition) is 5. The van der Waals surface area contributed by atoms with Crippen molar-refractivity contribution in [1.82, 2.24) is 15.3 Å². The summed E-state index contributed by atoms with van der Waals surface area (Å²) in [5, 5.41) is 7.94. The van der Waals surface area contributed by atoms with Gasteiger partial charge in [-0.3, -0.25) is 14.6 Å². The van der Waals surface area contributed by atoms with Crippen LogP contribution in [0.25, 0.3) is 11.4 Å². The molecule has 0 saturated heterocycles. The Kier molecular flexibility index (Phi) is 5.70. The van der Waals surface area contributed by atoms with Crippen LogP contribution >= 0.6 is 11.3 Å². The molecule has 132 valence electrons. The number of carbonyl (C=O) groups excluding carboxylic acids is 2. The SMILES string of the molecule is C[C@@H](CC(=O)Nc1nc(-c2ccccn2)cs1)NC(=O)c1ccccc1. The average Bonchev–Trinajstić information content (AvgIpc) is 3.11. The van der Waals surface area contributed by atoms with Gasteiger partial charge in [0.25, 0.3) is 5.91 Å². The molecule has 26 heavy (non-hydrogen) atoms. The monoisotopic (exact) mass is 366 g/mol. The van der Waals surface area contributed by atoms with Crippen LogP contribution in [0.5, 0.6) is 0 Å². The number of benzene rings is 1. The lowest BCUT2D eigenvalue weighted by atomic mass is 10.1. The van der Waals surface area contributed by atoms with Crippen molar-refractivity contribution < 1.29 is 9.59 Å². The fraction of sp³-hybridized carbons (Fsp3) is 0.158. The first-order valence-electron chi connectivity index (χ1n) is 8.14. The summed E-state index contributed by atoms with van der Waals surface area (Å²) in [5.41, 5.74) is 2.05. The van der Waals surface area contributed by atoms with Gasteiger partial charge in [-0.2, -0.15) is 0 Å². The highest BCUT2D eigenvalue weighted by atomic mass is 32.1. The van der Waals surface area contributed by atoms with Crippen LogP contribution in [-0.4, -0.2) is 27.8 Å². The number of amides is 2. The molecule has 2 heterocycles. The Morgan fingerprint density at radius 2 is 1.85 bits per heavy atom. The molecule has 0 unspecified atom stereocenters. The van der Waals surface area contributed by atoms with E-state index in [1.807, 2.05) is 29.6 Å². The van der Waals surface area contributed by atoms with Gasteiger partial charge in [0, 0.05) is 29.6 Å². The highest BCUT2D eigenvalue weighted by molar-refractivity contribution is 7.14. The minimum absolute atomic E-state index is 0.164. The number of nitrogens with zero attached hydrogens (tertiary/aromatic N) is 2. The minimum Gasteiger partial charge on any atom is -0.349 e. The van der Waals surface area contributed by atoms with Gasteiger partial charge in [0.1, 0.15) is 5.69 Å². The first-order chi connectivity index (χ1) is 12.6. The van der Waals surface area contributed by atoms with E-state index in [1.54, 1.807) is 37.4 Å². The zero-order chi connectivity index (χ0) is 18.4. The maximum atomic E-state index is 12.2. The van der Waals surface area contributed by atoms with Gasteiger partial charge < -0.3 is 10.6 Å².